The van der Waals surface area contributed by atoms with E-state index in [2.05, 4.69) is 4.74 Å². The molecule has 0 rings (SSSR count). The topological polar surface area (TPSA) is 105 Å². The van der Waals surface area contributed by atoms with Crippen molar-refractivity contribution in [1.29, 1.82) is 0 Å². The zero-order valence-corrected chi connectivity index (χ0v) is 10.6. The first kappa shape index (κ1) is 18.2. The summed E-state index contributed by atoms with van der Waals surface area (Å²) in [5, 5.41) is 12.6. The second kappa shape index (κ2) is 8.35. The Bertz CT molecular complexity index is 359. The molecule has 0 aliphatic carbocycles. The van der Waals surface area contributed by atoms with Crippen molar-refractivity contribution in [2.45, 2.75) is 25.1 Å². The SMILES string of the molecule is COC(=O)CCC(NC(=O)CNCC(F)(F)F)C(=O)O. The zero-order chi connectivity index (χ0) is 15.8. The zero-order valence-electron chi connectivity index (χ0n) is 10.6. The maximum Gasteiger partial charge on any atom is 0.401 e. The molecule has 0 aliphatic rings. The van der Waals surface area contributed by atoms with Crippen molar-refractivity contribution in [1.82, 2.24) is 10.6 Å². The predicted octanol–water partition coefficient (Wildman–Crippen LogP) is -0.339. The van der Waals surface area contributed by atoms with Crippen molar-refractivity contribution >= 4 is 17.8 Å². The highest BCUT2D eigenvalue weighted by Gasteiger charge is 2.27. The Morgan fingerprint density at radius 2 is 1.90 bits per heavy atom. The Morgan fingerprint density at radius 3 is 2.35 bits per heavy atom. The highest BCUT2D eigenvalue weighted by molar-refractivity contribution is 5.85. The smallest absolute Gasteiger partial charge is 0.401 e. The third-order valence-corrected chi connectivity index (χ3v) is 2.11. The van der Waals surface area contributed by atoms with Crippen LogP contribution in [0.4, 0.5) is 13.2 Å². The summed E-state index contributed by atoms with van der Waals surface area (Å²) in [5.74, 6) is -2.95. The lowest BCUT2D eigenvalue weighted by Crippen LogP contribution is -2.46. The van der Waals surface area contributed by atoms with Gasteiger partial charge in [0, 0.05) is 6.42 Å². The van der Waals surface area contributed by atoms with Crippen LogP contribution in [0, 0.1) is 0 Å². The van der Waals surface area contributed by atoms with Crippen molar-refractivity contribution in [2.24, 2.45) is 0 Å². The van der Waals surface area contributed by atoms with E-state index in [4.69, 9.17) is 5.11 Å². The minimum atomic E-state index is -4.46. The fraction of sp³-hybridized carbons (Fsp3) is 0.700. The number of carboxylic acid groups (broad SMARTS) is 1. The second-order valence-electron chi connectivity index (χ2n) is 3.79. The van der Waals surface area contributed by atoms with Crippen LogP contribution in [-0.4, -0.2) is 55.4 Å². The van der Waals surface area contributed by atoms with E-state index in [0.29, 0.717) is 0 Å². The number of methoxy groups -OCH3 is 1. The molecular weight excluding hydrogens is 285 g/mol. The molecule has 1 atom stereocenters. The second-order valence-corrected chi connectivity index (χ2v) is 3.79. The van der Waals surface area contributed by atoms with Gasteiger partial charge < -0.3 is 20.5 Å². The summed E-state index contributed by atoms with van der Waals surface area (Å²) in [6, 6.07) is -1.37. The number of hydrogen-bond acceptors (Lipinski definition) is 5. The number of amides is 1. The number of esters is 1. The van der Waals surface area contributed by atoms with Crippen LogP contribution in [0.2, 0.25) is 0 Å². The quantitative estimate of drug-likeness (QED) is 0.530. The largest absolute Gasteiger partial charge is 0.480 e. The summed E-state index contributed by atoms with van der Waals surface area (Å²) in [7, 11) is 1.12. The Balaban J connectivity index is 4.15. The minimum Gasteiger partial charge on any atom is -0.480 e. The van der Waals surface area contributed by atoms with Crippen LogP contribution in [0.1, 0.15) is 12.8 Å². The highest BCUT2D eigenvalue weighted by atomic mass is 19.4. The number of carboxylic acids is 1. The third-order valence-electron chi connectivity index (χ3n) is 2.11. The fourth-order valence-corrected chi connectivity index (χ4v) is 1.18. The van der Waals surface area contributed by atoms with Crippen molar-refractivity contribution in [2.75, 3.05) is 20.2 Å². The molecule has 0 fully saturated rings. The molecule has 0 saturated heterocycles. The maximum absolute atomic E-state index is 11.8. The predicted molar refractivity (Wildman–Crippen MR) is 59.7 cm³/mol. The summed E-state index contributed by atoms with van der Waals surface area (Å²) in [4.78, 5) is 32.9. The molecule has 0 aromatic carbocycles. The average molecular weight is 300 g/mol. The Labute approximate surface area is 112 Å². The van der Waals surface area contributed by atoms with E-state index in [0.717, 1.165) is 7.11 Å². The molecule has 1 amide bonds. The molecule has 0 saturated carbocycles. The van der Waals surface area contributed by atoms with Crippen LogP contribution >= 0.6 is 0 Å². The molecule has 0 aromatic heterocycles. The summed E-state index contributed by atoms with van der Waals surface area (Å²) in [6.45, 7) is -2.04. The molecule has 0 aromatic rings. The van der Waals surface area contributed by atoms with Gasteiger partial charge in [0.2, 0.25) is 5.91 Å². The molecule has 20 heavy (non-hydrogen) atoms. The molecule has 0 aliphatic heterocycles. The first-order valence-electron chi connectivity index (χ1n) is 5.52. The molecule has 0 spiro atoms. The number of ether oxygens (including phenoxy) is 1. The number of halogens is 3. The van der Waals surface area contributed by atoms with E-state index in [1.165, 1.54) is 0 Å². The minimum absolute atomic E-state index is 0.215. The molecule has 7 nitrogen and oxygen atoms in total. The van der Waals surface area contributed by atoms with E-state index < -0.39 is 43.2 Å². The number of carbonyl (C=O) groups excluding carboxylic acids is 2. The lowest BCUT2D eigenvalue weighted by Gasteiger charge is -2.14. The monoisotopic (exact) mass is 300 g/mol. The van der Waals surface area contributed by atoms with Crippen LogP contribution in [-0.2, 0) is 19.1 Å². The fourth-order valence-electron chi connectivity index (χ4n) is 1.18. The Morgan fingerprint density at radius 1 is 1.30 bits per heavy atom. The van der Waals surface area contributed by atoms with Gasteiger partial charge in [0.05, 0.1) is 20.2 Å². The summed E-state index contributed by atoms with van der Waals surface area (Å²) in [5.41, 5.74) is 0. The van der Waals surface area contributed by atoms with E-state index >= 15 is 0 Å². The number of hydrogen-bond donors (Lipinski definition) is 3. The lowest BCUT2D eigenvalue weighted by molar-refractivity contribution is -0.144. The number of nitrogens with one attached hydrogen (secondary N) is 2. The first-order valence-corrected chi connectivity index (χ1v) is 5.52. The standard InChI is InChI=1S/C10H15F3N2O5/c1-20-8(17)3-2-6(9(18)19)15-7(16)4-14-5-10(11,12)13/h6,14H,2-5H2,1H3,(H,15,16)(H,18,19). The molecule has 1 unspecified atom stereocenters. The van der Waals surface area contributed by atoms with Gasteiger partial charge in [0.15, 0.2) is 0 Å². The average Bonchev–Trinajstić information content (AvgIpc) is 2.31. The number of rotatable bonds is 8. The number of aliphatic carboxylic acids is 1. The van der Waals surface area contributed by atoms with Crippen molar-refractivity contribution in [3.8, 4) is 0 Å². The van der Waals surface area contributed by atoms with Crippen LogP contribution in [0.15, 0.2) is 0 Å². The van der Waals surface area contributed by atoms with Crippen LogP contribution in [0.3, 0.4) is 0 Å². The van der Waals surface area contributed by atoms with E-state index in [-0.39, 0.29) is 12.8 Å². The molecule has 0 bridgehead atoms. The van der Waals surface area contributed by atoms with Gasteiger partial charge >= 0.3 is 18.1 Å². The number of carbonyl (C=O) groups is 3. The molecular formula is C10H15F3N2O5. The Kier molecular flexibility index (Phi) is 7.59. The van der Waals surface area contributed by atoms with Crippen molar-refractivity contribution < 1.29 is 37.4 Å². The van der Waals surface area contributed by atoms with E-state index in [1.54, 1.807) is 0 Å². The van der Waals surface area contributed by atoms with Crippen LogP contribution < -0.4 is 10.6 Å². The van der Waals surface area contributed by atoms with Gasteiger partial charge in [0.25, 0.3) is 0 Å². The molecule has 0 radical (unpaired) electrons. The van der Waals surface area contributed by atoms with Crippen LogP contribution in [0.5, 0.6) is 0 Å². The van der Waals surface area contributed by atoms with Gasteiger partial charge in [0.1, 0.15) is 6.04 Å². The molecule has 10 heteroatoms. The van der Waals surface area contributed by atoms with Crippen LogP contribution in [0.25, 0.3) is 0 Å². The Hall–Kier alpha value is -1.84. The van der Waals surface area contributed by atoms with Gasteiger partial charge in [-0.2, -0.15) is 13.2 Å². The van der Waals surface area contributed by atoms with Gasteiger partial charge in [-0.1, -0.05) is 0 Å². The first-order chi connectivity index (χ1) is 9.15. The van der Waals surface area contributed by atoms with Gasteiger partial charge in [-0.25, -0.2) is 4.79 Å². The van der Waals surface area contributed by atoms with Crippen molar-refractivity contribution in [3.63, 3.8) is 0 Å². The summed E-state index contributed by atoms with van der Waals surface area (Å²) >= 11 is 0. The van der Waals surface area contributed by atoms with Gasteiger partial charge in [-0.3, -0.25) is 9.59 Å². The summed E-state index contributed by atoms with van der Waals surface area (Å²) in [6.07, 6.45) is -4.91. The molecule has 116 valence electrons. The normalized spacial score (nSPS) is 12.6. The molecule has 0 heterocycles. The molecule has 3 N–H and O–H groups in total. The van der Waals surface area contributed by atoms with Crippen molar-refractivity contribution in [3.05, 3.63) is 0 Å². The maximum atomic E-state index is 11.8. The van der Waals surface area contributed by atoms with Gasteiger partial charge in [-0.15, -0.1) is 0 Å². The van der Waals surface area contributed by atoms with E-state index in [1.807, 2.05) is 10.6 Å². The third kappa shape index (κ3) is 9.14. The number of alkyl halides is 3. The van der Waals surface area contributed by atoms with E-state index in [9.17, 15) is 27.6 Å². The summed E-state index contributed by atoms with van der Waals surface area (Å²) < 4.78 is 39.7. The van der Waals surface area contributed by atoms with Gasteiger partial charge in [-0.05, 0) is 6.42 Å². The lowest BCUT2D eigenvalue weighted by atomic mass is 10.1. The highest BCUT2D eigenvalue weighted by Crippen LogP contribution is 2.11.